The number of nitrogens with zero attached hydrogens (tertiary/aromatic N) is 4. The average molecular weight is 462 g/mol. The Bertz CT molecular complexity index is 1300. The maximum absolute atomic E-state index is 13.2. The van der Waals surface area contributed by atoms with Gasteiger partial charge in [-0.25, -0.2) is 18.4 Å². The van der Waals surface area contributed by atoms with Crippen LogP contribution in [0.2, 0.25) is 0 Å². The molecule has 2 aromatic heterocycles. The van der Waals surface area contributed by atoms with Gasteiger partial charge in [0.2, 0.25) is 0 Å². The number of imidazole rings is 1. The van der Waals surface area contributed by atoms with Crippen molar-refractivity contribution in [2.75, 3.05) is 28.8 Å². The average Bonchev–Trinajstić information content (AvgIpc) is 3.30. The fourth-order valence-corrected chi connectivity index (χ4v) is 5.92. The summed E-state index contributed by atoms with van der Waals surface area (Å²) in [4.78, 5) is 15.2. The predicted molar refractivity (Wildman–Crippen MR) is 131 cm³/mol. The first kappa shape index (κ1) is 21.5. The van der Waals surface area contributed by atoms with Gasteiger partial charge in [0.25, 0.3) is 10.0 Å². The molecule has 1 aliphatic rings. The minimum Gasteiger partial charge on any atom is -0.356 e. The molecule has 3 heterocycles. The fourth-order valence-electron chi connectivity index (χ4n) is 4.50. The lowest BCUT2D eigenvalue weighted by Crippen LogP contribution is -2.35. The van der Waals surface area contributed by atoms with Gasteiger partial charge in [-0.05, 0) is 56.2 Å². The van der Waals surface area contributed by atoms with Crippen molar-refractivity contribution in [2.24, 2.45) is 0 Å². The SMILES string of the molecule is CCN(c1ccccc1)S(=O)(=O)c1ccc(N2CCCC(c3nc4ccccc4[nH]3)C2)nc1. The number of hydrogen-bond acceptors (Lipinski definition) is 5. The van der Waals surface area contributed by atoms with Crippen molar-refractivity contribution >= 4 is 32.6 Å². The second-order valence-corrected chi connectivity index (χ2v) is 10.1. The van der Waals surface area contributed by atoms with Crippen LogP contribution in [0.3, 0.4) is 0 Å². The molecular weight excluding hydrogens is 434 g/mol. The van der Waals surface area contributed by atoms with E-state index in [9.17, 15) is 8.42 Å². The first-order chi connectivity index (χ1) is 16.1. The molecule has 33 heavy (non-hydrogen) atoms. The Hall–Kier alpha value is -3.39. The summed E-state index contributed by atoms with van der Waals surface area (Å²) in [5.41, 5.74) is 2.68. The minimum atomic E-state index is -3.68. The number of piperidine rings is 1. The van der Waals surface area contributed by atoms with Crippen molar-refractivity contribution in [1.82, 2.24) is 15.0 Å². The number of hydrogen-bond donors (Lipinski definition) is 1. The lowest BCUT2D eigenvalue weighted by Gasteiger charge is -2.32. The smallest absolute Gasteiger partial charge is 0.265 e. The lowest BCUT2D eigenvalue weighted by atomic mass is 9.97. The molecule has 1 atom stereocenters. The van der Waals surface area contributed by atoms with E-state index in [1.54, 1.807) is 18.2 Å². The highest BCUT2D eigenvalue weighted by Gasteiger charge is 2.27. The zero-order valence-corrected chi connectivity index (χ0v) is 19.4. The molecule has 0 aliphatic carbocycles. The lowest BCUT2D eigenvalue weighted by molar-refractivity contribution is 0.492. The number of H-pyrrole nitrogens is 1. The second-order valence-electron chi connectivity index (χ2n) is 8.28. The Labute approximate surface area is 194 Å². The van der Waals surface area contributed by atoms with Gasteiger partial charge in [-0.1, -0.05) is 30.3 Å². The van der Waals surface area contributed by atoms with Crippen molar-refractivity contribution in [1.29, 1.82) is 0 Å². The van der Waals surface area contributed by atoms with Gasteiger partial charge in [-0.3, -0.25) is 4.31 Å². The van der Waals surface area contributed by atoms with E-state index in [0.29, 0.717) is 12.2 Å². The zero-order chi connectivity index (χ0) is 22.8. The molecule has 0 amide bonds. The Morgan fingerprint density at radius 3 is 2.58 bits per heavy atom. The number of nitrogens with one attached hydrogen (secondary N) is 1. The molecule has 170 valence electrons. The molecule has 1 unspecified atom stereocenters. The van der Waals surface area contributed by atoms with Gasteiger partial charge in [-0.15, -0.1) is 0 Å². The van der Waals surface area contributed by atoms with Gasteiger partial charge in [-0.2, -0.15) is 0 Å². The van der Waals surface area contributed by atoms with Gasteiger partial charge < -0.3 is 9.88 Å². The molecule has 0 radical (unpaired) electrons. The normalized spacial score (nSPS) is 16.8. The summed E-state index contributed by atoms with van der Waals surface area (Å²) in [5.74, 6) is 2.07. The number of pyridine rings is 1. The molecule has 0 saturated carbocycles. The van der Waals surface area contributed by atoms with Crippen LogP contribution in [0.15, 0.2) is 77.8 Å². The van der Waals surface area contributed by atoms with Crippen molar-refractivity contribution < 1.29 is 8.42 Å². The highest BCUT2D eigenvalue weighted by Crippen LogP contribution is 2.30. The van der Waals surface area contributed by atoms with E-state index >= 15 is 0 Å². The van der Waals surface area contributed by atoms with Gasteiger partial charge in [0.1, 0.15) is 16.5 Å². The van der Waals surface area contributed by atoms with Crippen molar-refractivity contribution in [3.63, 3.8) is 0 Å². The summed E-state index contributed by atoms with van der Waals surface area (Å²) in [7, 11) is -3.68. The molecule has 7 nitrogen and oxygen atoms in total. The largest absolute Gasteiger partial charge is 0.356 e. The number of sulfonamides is 1. The number of rotatable bonds is 6. The second kappa shape index (κ2) is 8.86. The van der Waals surface area contributed by atoms with E-state index in [-0.39, 0.29) is 10.8 Å². The number of benzene rings is 2. The number of para-hydroxylation sites is 3. The van der Waals surface area contributed by atoms with E-state index < -0.39 is 10.0 Å². The van der Waals surface area contributed by atoms with Crippen molar-refractivity contribution in [3.05, 3.63) is 78.8 Å². The van der Waals surface area contributed by atoms with Gasteiger partial charge in [0, 0.05) is 31.7 Å². The van der Waals surface area contributed by atoms with Crippen LogP contribution in [0.4, 0.5) is 11.5 Å². The van der Waals surface area contributed by atoms with Crippen LogP contribution in [0.1, 0.15) is 31.5 Å². The van der Waals surface area contributed by atoms with Crippen LogP contribution in [-0.4, -0.2) is 43.0 Å². The quantitative estimate of drug-likeness (QED) is 0.455. The number of fused-ring (bicyclic) bond motifs is 1. The molecule has 1 N–H and O–H groups in total. The third kappa shape index (κ3) is 4.18. The van der Waals surface area contributed by atoms with Crippen molar-refractivity contribution in [2.45, 2.75) is 30.6 Å². The van der Waals surface area contributed by atoms with E-state index in [4.69, 9.17) is 4.98 Å². The Kier molecular flexibility index (Phi) is 5.76. The van der Waals surface area contributed by atoms with Gasteiger partial charge >= 0.3 is 0 Å². The Balaban J connectivity index is 1.35. The molecular formula is C25H27N5O2S. The Morgan fingerprint density at radius 2 is 1.85 bits per heavy atom. The summed E-state index contributed by atoms with van der Waals surface area (Å²) < 4.78 is 27.9. The summed E-state index contributed by atoms with van der Waals surface area (Å²) in [5, 5.41) is 0. The summed E-state index contributed by atoms with van der Waals surface area (Å²) in [6.45, 7) is 3.86. The fraction of sp³-hybridized carbons (Fsp3) is 0.280. The van der Waals surface area contributed by atoms with Gasteiger partial charge in [0.15, 0.2) is 0 Å². The summed E-state index contributed by atoms with van der Waals surface area (Å²) in [6.07, 6.45) is 3.56. The predicted octanol–water partition coefficient (Wildman–Crippen LogP) is 4.56. The number of aromatic amines is 1. The maximum Gasteiger partial charge on any atom is 0.265 e. The highest BCUT2D eigenvalue weighted by atomic mass is 32.2. The Morgan fingerprint density at radius 1 is 1.06 bits per heavy atom. The summed E-state index contributed by atoms with van der Waals surface area (Å²) >= 11 is 0. The molecule has 0 bridgehead atoms. The van der Waals surface area contributed by atoms with Crippen LogP contribution >= 0.6 is 0 Å². The van der Waals surface area contributed by atoms with E-state index in [2.05, 4.69) is 14.9 Å². The maximum atomic E-state index is 13.2. The van der Waals surface area contributed by atoms with E-state index in [0.717, 1.165) is 48.6 Å². The molecule has 5 rings (SSSR count). The van der Waals surface area contributed by atoms with Crippen LogP contribution < -0.4 is 9.21 Å². The van der Waals surface area contributed by atoms with E-state index in [1.165, 1.54) is 10.5 Å². The van der Waals surface area contributed by atoms with Crippen LogP contribution in [-0.2, 0) is 10.0 Å². The third-order valence-electron chi connectivity index (χ3n) is 6.18. The number of aromatic nitrogens is 3. The summed E-state index contributed by atoms with van der Waals surface area (Å²) in [6, 6.07) is 20.7. The molecule has 2 aromatic carbocycles. The standard InChI is InChI=1S/C25H27N5O2S/c1-2-30(20-10-4-3-5-11-20)33(31,32)21-14-15-24(26-17-21)29-16-8-9-19(18-29)25-27-22-12-6-7-13-23(22)28-25/h3-7,10-15,17,19H,2,8-9,16,18H2,1H3,(H,27,28). The first-order valence-electron chi connectivity index (χ1n) is 11.3. The molecule has 8 heteroatoms. The van der Waals surface area contributed by atoms with Crippen LogP contribution in [0.25, 0.3) is 11.0 Å². The molecule has 0 spiro atoms. The molecule has 1 aliphatic heterocycles. The minimum absolute atomic E-state index is 0.197. The zero-order valence-electron chi connectivity index (χ0n) is 18.6. The topological polar surface area (TPSA) is 82.2 Å². The van der Waals surface area contributed by atoms with Gasteiger partial charge in [0.05, 0.1) is 16.7 Å². The third-order valence-corrected chi connectivity index (χ3v) is 8.07. The highest BCUT2D eigenvalue weighted by molar-refractivity contribution is 7.92. The van der Waals surface area contributed by atoms with E-state index in [1.807, 2.05) is 55.5 Å². The van der Waals surface area contributed by atoms with Crippen molar-refractivity contribution in [3.8, 4) is 0 Å². The molecule has 4 aromatic rings. The monoisotopic (exact) mass is 461 g/mol. The van der Waals surface area contributed by atoms with Crippen LogP contribution in [0, 0.1) is 0 Å². The first-order valence-corrected chi connectivity index (χ1v) is 12.7. The molecule has 1 saturated heterocycles. The number of anilines is 2. The molecule has 1 fully saturated rings. The van der Waals surface area contributed by atoms with Crippen LogP contribution in [0.5, 0.6) is 0 Å².